The molecule has 0 nitrogen and oxygen atoms in total. The van der Waals surface area contributed by atoms with Crippen molar-refractivity contribution in [3.05, 3.63) is 23.8 Å². The Kier molecular flexibility index (Phi) is 18.3. The molecule has 1 radical (unpaired) electrons. The van der Waals surface area contributed by atoms with Gasteiger partial charge in [-0.3, -0.25) is 6.08 Å². The van der Waals surface area contributed by atoms with Gasteiger partial charge in [-0.15, -0.1) is 6.42 Å². The molecule has 0 aromatic rings. The minimum atomic E-state index is 0. The molecular formula is C8H11Br2Ti. The Bertz CT molecular complexity index is 130. The molecule has 0 aromatic heterocycles. The van der Waals surface area contributed by atoms with Crippen molar-refractivity contribution in [3.8, 4) is 0 Å². The first-order chi connectivity index (χ1) is 3.93. The first-order valence-electron chi connectivity index (χ1n) is 3.19. The predicted molar refractivity (Wildman–Crippen MR) is 35.4 cm³/mol. The van der Waals surface area contributed by atoms with E-state index in [1.165, 1.54) is 18.4 Å². The van der Waals surface area contributed by atoms with Crippen molar-refractivity contribution in [2.24, 2.45) is 0 Å². The van der Waals surface area contributed by atoms with Gasteiger partial charge in [0.25, 0.3) is 0 Å². The van der Waals surface area contributed by atoms with Crippen LogP contribution in [0.4, 0.5) is 0 Å². The summed E-state index contributed by atoms with van der Waals surface area (Å²) in [5, 5.41) is 0. The zero-order valence-corrected chi connectivity index (χ0v) is 11.3. The van der Waals surface area contributed by atoms with Crippen molar-refractivity contribution >= 4 is 0 Å². The number of halogens is 2. The maximum atomic E-state index is 3.26. The van der Waals surface area contributed by atoms with Crippen LogP contribution in [0.5, 0.6) is 0 Å². The summed E-state index contributed by atoms with van der Waals surface area (Å²) in [6.45, 7) is 2.20. The van der Waals surface area contributed by atoms with Gasteiger partial charge in [0.05, 0.1) is 0 Å². The predicted octanol–water partition coefficient (Wildman–Crippen LogP) is -3.52. The molecule has 1 rings (SSSR count). The van der Waals surface area contributed by atoms with Crippen LogP contribution in [-0.2, 0) is 21.7 Å². The van der Waals surface area contributed by atoms with Crippen molar-refractivity contribution in [2.45, 2.75) is 26.2 Å². The normalized spacial score (nSPS) is 12.3. The van der Waals surface area contributed by atoms with Gasteiger partial charge in [0.1, 0.15) is 0 Å². The third kappa shape index (κ3) is 7.51. The Morgan fingerprint density at radius 2 is 2.09 bits per heavy atom. The summed E-state index contributed by atoms with van der Waals surface area (Å²) in [6.07, 6.45) is 11.1. The van der Waals surface area contributed by atoms with E-state index in [2.05, 4.69) is 25.2 Å². The zero-order valence-electron chi connectivity index (χ0n) is 6.53. The largest absolute Gasteiger partial charge is 3.00 e. The van der Waals surface area contributed by atoms with Crippen LogP contribution in [0, 0.1) is 6.08 Å². The van der Waals surface area contributed by atoms with Crippen LogP contribution in [0.25, 0.3) is 0 Å². The quantitative estimate of drug-likeness (QED) is 0.366. The average Bonchev–Trinajstić information content (AvgIpc) is 2.19. The first-order valence-corrected chi connectivity index (χ1v) is 3.19. The number of rotatable bonds is 2. The maximum Gasteiger partial charge on any atom is 3.00 e. The molecule has 11 heavy (non-hydrogen) atoms. The SMILES string of the molecule is CCCC1=[C-]CC=C1.[Br-].[Br-].[Ti+3]. The second kappa shape index (κ2) is 11.2. The van der Waals surface area contributed by atoms with Crippen LogP contribution in [0.3, 0.4) is 0 Å². The molecule has 0 fully saturated rings. The molecule has 0 heterocycles. The molecule has 0 N–H and O–H groups in total. The Morgan fingerprint density at radius 1 is 1.45 bits per heavy atom. The van der Waals surface area contributed by atoms with Gasteiger partial charge in [-0.2, -0.15) is 6.08 Å². The van der Waals surface area contributed by atoms with Gasteiger partial charge in [0, 0.05) is 0 Å². The Morgan fingerprint density at radius 3 is 2.45 bits per heavy atom. The van der Waals surface area contributed by atoms with E-state index in [4.69, 9.17) is 0 Å². The Hall–Kier alpha value is 1.15. The fourth-order valence-corrected chi connectivity index (χ4v) is 0.891. The van der Waals surface area contributed by atoms with Gasteiger partial charge >= 0.3 is 21.7 Å². The van der Waals surface area contributed by atoms with E-state index in [1.54, 1.807) is 0 Å². The summed E-state index contributed by atoms with van der Waals surface area (Å²) < 4.78 is 0. The minimum absolute atomic E-state index is 0. The van der Waals surface area contributed by atoms with Crippen LogP contribution in [0.1, 0.15) is 26.2 Å². The van der Waals surface area contributed by atoms with Crippen LogP contribution >= 0.6 is 0 Å². The van der Waals surface area contributed by atoms with E-state index in [1.807, 2.05) is 0 Å². The summed E-state index contributed by atoms with van der Waals surface area (Å²) in [7, 11) is 0. The molecular weight excluding hydrogens is 304 g/mol. The fraction of sp³-hybridized carbons (Fsp3) is 0.500. The molecule has 0 saturated carbocycles. The van der Waals surface area contributed by atoms with Crippen molar-refractivity contribution < 1.29 is 55.7 Å². The van der Waals surface area contributed by atoms with E-state index < -0.39 is 0 Å². The minimum Gasteiger partial charge on any atom is -1.00 e. The van der Waals surface area contributed by atoms with Crippen LogP contribution in [-0.4, -0.2) is 0 Å². The second-order valence-electron chi connectivity index (χ2n) is 2.06. The van der Waals surface area contributed by atoms with Crippen LogP contribution in [0.2, 0.25) is 0 Å². The summed E-state index contributed by atoms with van der Waals surface area (Å²) in [6, 6.07) is 0. The zero-order chi connectivity index (χ0) is 5.82. The average molecular weight is 315 g/mol. The van der Waals surface area contributed by atoms with Crippen molar-refractivity contribution in [1.82, 2.24) is 0 Å². The summed E-state index contributed by atoms with van der Waals surface area (Å²) in [4.78, 5) is 0. The number of allylic oxidation sites excluding steroid dienone is 4. The van der Waals surface area contributed by atoms with Crippen molar-refractivity contribution in [3.63, 3.8) is 0 Å². The van der Waals surface area contributed by atoms with Gasteiger partial charge in [0.2, 0.25) is 0 Å². The first kappa shape index (κ1) is 18.0. The molecule has 0 bridgehead atoms. The molecule has 0 unspecified atom stereocenters. The van der Waals surface area contributed by atoms with Crippen LogP contribution < -0.4 is 34.0 Å². The topological polar surface area (TPSA) is 0 Å². The monoisotopic (exact) mass is 313 g/mol. The van der Waals surface area contributed by atoms with Crippen molar-refractivity contribution in [1.29, 1.82) is 0 Å². The molecule has 0 aliphatic heterocycles. The van der Waals surface area contributed by atoms with Gasteiger partial charge < -0.3 is 34.0 Å². The standard InChI is InChI=1S/C8H11.2BrH.Ti/c1-2-5-8-6-3-4-7-8;;;/h3,6H,2,4-5H2,1H3;2*1H;/q-1;;;+3/p-2. The smallest absolute Gasteiger partial charge is 1.00 e. The fourth-order valence-electron chi connectivity index (χ4n) is 0.891. The molecule has 0 aromatic carbocycles. The number of hydrogen-bond donors (Lipinski definition) is 0. The molecule has 0 saturated heterocycles. The van der Waals surface area contributed by atoms with Gasteiger partial charge in [-0.25, -0.2) is 11.6 Å². The summed E-state index contributed by atoms with van der Waals surface area (Å²) >= 11 is 0. The van der Waals surface area contributed by atoms with Gasteiger partial charge in [0.15, 0.2) is 0 Å². The van der Waals surface area contributed by atoms with Crippen LogP contribution in [0.15, 0.2) is 17.7 Å². The molecule has 1 aliphatic carbocycles. The molecule has 0 atom stereocenters. The van der Waals surface area contributed by atoms with E-state index in [0.29, 0.717) is 0 Å². The van der Waals surface area contributed by atoms with E-state index in [0.717, 1.165) is 6.42 Å². The molecule has 0 amide bonds. The second-order valence-corrected chi connectivity index (χ2v) is 2.06. The molecule has 0 spiro atoms. The van der Waals surface area contributed by atoms with E-state index in [-0.39, 0.29) is 55.7 Å². The Labute approximate surface area is 105 Å². The molecule has 61 valence electrons. The van der Waals surface area contributed by atoms with Gasteiger partial charge in [-0.1, -0.05) is 19.8 Å². The number of hydrogen-bond acceptors (Lipinski definition) is 0. The molecule has 3 heteroatoms. The van der Waals surface area contributed by atoms with E-state index >= 15 is 0 Å². The summed E-state index contributed by atoms with van der Waals surface area (Å²) in [5.74, 6) is 0. The maximum absolute atomic E-state index is 3.26. The third-order valence-corrected chi connectivity index (χ3v) is 1.29. The van der Waals surface area contributed by atoms with Crippen molar-refractivity contribution in [2.75, 3.05) is 0 Å². The van der Waals surface area contributed by atoms with Gasteiger partial charge in [-0.05, 0) is 0 Å². The van der Waals surface area contributed by atoms with E-state index in [9.17, 15) is 0 Å². The summed E-state index contributed by atoms with van der Waals surface area (Å²) in [5.41, 5.74) is 1.40. The Balaban J connectivity index is -0.000000213. The molecule has 1 aliphatic rings. The third-order valence-electron chi connectivity index (χ3n) is 1.29.